The van der Waals surface area contributed by atoms with Crippen molar-refractivity contribution in [1.82, 2.24) is 9.97 Å². The smallest absolute Gasteiger partial charge is 0.134 e. The Morgan fingerprint density at radius 2 is 2.14 bits per heavy atom. The molecular weight excluding hydrogens is 298 g/mol. The lowest BCUT2D eigenvalue weighted by Crippen LogP contribution is -2.49. The maximum absolute atomic E-state index is 6.25. The third-order valence-electron chi connectivity index (χ3n) is 4.61. The number of hydrogen-bond acceptors (Lipinski definition) is 4. The molecule has 0 amide bonds. The lowest BCUT2D eigenvalue weighted by molar-refractivity contribution is -0.0594. The first kappa shape index (κ1) is 14.0. The molecule has 1 aromatic carbocycles. The molecule has 0 bridgehead atoms. The molecule has 114 valence electrons. The molecule has 1 aliphatic carbocycles. The summed E-state index contributed by atoms with van der Waals surface area (Å²) in [5.74, 6) is 1.60. The van der Waals surface area contributed by atoms with E-state index in [9.17, 15) is 0 Å². The summed E-state index contributed by atoms with van der Waals surface area (Å²) in [5.41, 5.74) is 2.53. The van der Waals surface area contributed by atoms with Crippen LogP contribution in [0.5, 0.6) is 0 Å². The molecule has 0 radical (unpaired) electrons. The average Bonchev–Trinajstić information content (AvgIpc) is 2.85. The van der Waals surface area contributed by atoms with E-state index in [1.54, 1.807) is 0 Å². The highest BCUT2D eigenvalue weighted by atomic mass is 35.5. The largest absolute Gasteiger partial charge is 0.367 e. The Balaban J connectivity index is 1.68. The number of hydrogen-bond donors (Lipinski definition) is 0. The number of anilines is 1. The number of fused-ring (bicyclic) bond motifs is 2. The summed E-state index contributed by atoms with van der Waals surface area (Å²) < 4.78 is 6.25. The topological polar surface area (TPSA) is 38.2 Å². The number of benzene rings is 1. The molecule has 1 unspecified atom stereocenters. The Morgan fingerprint density at radius 1 is 1.27 bits per heavy atom. The van der Waals surface area contributed by atoms with Crippen LogP contribution in [0.3, 0.4) is 0 Å². The van der Waals surface area contributed by atoms with Crippen molar-refractivity contribution in [1.29, 1.82) is 0 Å². The summed E-state index contributed by atoms with van der Waals surface area (Å²) in [6.07, 6.45) is 2.11. The number of rotatable bonds is 1. The van der Waals surface area contributed by atoms with Crippen molar-refractivity contribution in [2.75, 3.05) is 24.6 Å². The van der Waals surface area contributed by atoms with Gasteiger partial charge in [-0.25, -0.2) is 9.97 Å². The van der Waals surface area contributed by atoms with Crippen molar-refractivity contribution in [2.24, 2.45) is 0 Å². The van der Waals surface area contributed by atoms with Gasteiger partial charge in [0.2, 0.25) is 0 Å². The molecule has 1 atom stereocenters. The van der Waals surface area contributed by atoms with Crippen LogP contribution in [0.1, 0.15) is 23.4 Å². The van der Waals surface area contributed by atoms with Crippen LogP contribution in [0.4, 0.5) is 5.82 Å². The first-order chi connectivity index (χ1) is 10.7. The van der Waals surface area contributed by atoms with E-state index in [-0.39, 0.29) is 5.60 Å². The molecule has 4 nitrogen and oxygen atoms in total. The van der Waals surface area contributed by atoms with Gasteiger partial charge in [-0.15, -0.1) is 0 Å². The van der Waals surface area contributed by atoms with Crippen LogP contribution in [-0.2, 0) is 16.8 Å². The minimum Gasteiger partial charge on any atom is -0.367 e. The molecule has 1 aliphatic heterocycles. The van der Waals surface area contributed by atoms with Gasteiger partial charge in [0.25, 0.3) is 0 Å². The van der Waals surface area contributed by atoms with E-state index in [1.807, 2.05) is 13.0 Å². The van der Waals surface area contributed by atoms with Gasteiger partial charge in [-0.3, -0.25) is 0 Å². The van der Waals surface area contributed by atoms with Crippen molar-refractivity contribution in [3.8, 4) is 0 Å². The monoisotopic (exact) mass is 315 g/mol. The SMILES string of the molecule is Cc1nc(Cl)cc(N2CCOC3(CCc4ccccc43)C2)n1. The summed E-state index contributed by atoms with van der Waals surface area (Å²) in [6.45, 7) is 4.22. The summed E-state index contributed by atoms with van der Waals surface area (Å²) in [4.78, 5) is 11.0. The molecule has 1 fully saturated rings. The van der Waals surface area contributed by atoms with Gasteiger partial charge in [0, 0.05) is 12.6 Å². The van der Waals surface area contributed by atoms with Crippen molar-refractivity contribution in [3.63, 3.8) is 0 Å². The Hall–Kier alpha value is -1.65. The summed E-state index contributed by atoms with van der Waals surface area (Å²) in [5, 5.41) is 0.495. The number of nitrogens with zero attached hydrogens (tertiary/aromatic N) is 3. The lowest BCUT2D eigenvalue weighted by atomic mass is 9.93. The Kier molecular flexibility index (Phi) is 3.31. The number of morpholine rings is 1. The molecule has 2 aromatic rings. The Labute approximate surface area is 135 Å². The van der Waals surface area contributed by atoms with Crippen LogP contribution in [0.2, 0.25) is 5.15 Å². The van der Waals surface area contributed by atoms with Gasteiger partial charge >= 0.3 is 0 Å². The molecule has 1 saturated heterocycles. The van der Waals surface area contributed by atoms with Gasteiger partial charge in [-0.2, -0.15) is 0 Å². The van der Waals surface area contributed by atoms with Crippen molar-refractivity contribution >= 4 is 17.4 Å². The van der Waals surface area contributed by atoms with Crippen LogP contribution in [0, 0.1) is 6.92 Å². The second kappa shape index (κ2) is 5.21. The van der Waals surface area contributed by atoms with E-state index < -0.39 is 0 Å². The quantitative estimate of drug-likeness (QED) is 0.758. The third kappa shape index (κ3) is 2.27. The maximum atomic E-state index is 6.25. The predicted molar refractivity (Wildman–Crippen MR) is 86.4 cm³/mol. The molecule has 22 heavy (non-hydrogen) atoms. The zero-order valence-electron chi connectivity index (χ0n) is 12.6. The van der Waals surface area contributed by atoms with Gasteiger partial charge in [0.15, 0.2) is 0 Å². The second-order valence-electron chi connectivity index (χ2n) is 6.02. The summed E-state index contributed by atoms with van der Waals surface area (Å²) >= 11 is 6.09. The number of aromatic nitrogens is 2. The third-order valence-corrected chi connectivity index (χ3v) is 4.80. The van der Waals surface area contributed by atoms with Crippen LogP contribution < -0.4 is 4.90 Å². The molecule has 1 spiro atoms. The first-order valence-corrected chi connectivity index (χ1v) is 8.03. The molecule has 2 aliphatic rings. The minimum atomic E-state index is -0.208. The number of aryl methyl sites for hydroxylation is 2. The van der Waals surface area contributed by atoms with E-state index in [4.69, 9.17) is 16.3 Å². The maximum Gasteiger partial charge on any atom is 0.134 e. The fourth-order valence-electron chi connectivity index (χ4n) is 3.63. The zero-order valence-corrected chi connectivity index (χ0v) is 13.3. The molecule has 0 N–H and O–H groups in total. The molecule has 2 heterocycles. The number of ether oxygens (including phenoxy) is 1. The standard InChI is InChI=1S/C17H18ClN3O/c1-12-19-15(18)10-16(20-12)21-8-9-22-17(11-21)7-6-13-4-2-3-5-14(13)17/h2-5,10H,6-9,11H2,1H3. The van der Waals surface area contributed by atoms with Crippen LogP contribution in [0.15, 0.2) is 30.3 Å². The van der Waals surface area contributed by atoms with Crippen molar-refractivity contribution < 1.29 is 4.74 Å². The van der Waals surface area contributed by atoms with E-state index in [0.29, 0.717) is 17.6 Å². The Bertz CT molecular complexity index is 697. The molecule has 1 aromatic heterocycles. The Morgan fingerprint density at radius 3 is 3.00 bits per heavy atom. The minimum absolute atomic E-state index is 0.208. The molecular formula is C17H18ClN3O. The first-order valence-electron chi connectivity index (χ1n) is 7.65. The predicted octanol–water partition coefficient (Wildman–Crippen LogP) is 3.12. The van der Waals surface area contributed by atoms with Crippen LogP contribution in [-0.4, -0.2) is 29.7 Å². The van der Waals surface area contributed by atoms with E-state index in [0.717, 1.165) is 31.7 Å². The fourth-order valence-corrected chi connectivity index (χ4v) is 3.85. The summed E-state index contributed by atoms with van der Waals surface area (Å²) in [7, 11) is 0. The summed E-state index contributed by atoms with van der Waals surface area (Å²) in [6, 6.07) is 10.4. The molecule has 4 rings (SSSR count). The van der Waals surface area contributed by atoms with E-state index in [1.165, 1.54) is 11.1 Å². The van der Waals surface area contributed by atoms with Gasteiger partial charge in [0.1, 0.15) is 22.4 Å². The van der Waals surface area contributed by atoms with Gasteiger partial charge in [0.05, 0.1) is 13.2 Å². The highest BCUT2D eigenvalue weighted by Crippen LogP contribution is 2.42. The zero-order chi connectivity index (χ0) is 15.2. The normalized spacial score (nSPS) is 23.8. The van der Waals surface area contributed by atoms with E-state index >= 15 is 0 Å². The highest BCUT2D eigenvalue weighted by Gasteiger charge is 2.43. The highest BCUT2D eigenvalue weighted by molar-refractivity contribution is 6.29. The lowest BCUT2D eigenvalue weighted by Gasteiger charge is -2.41. The van der Waals surface area contributed by atoms with Gasteiger partial charge < -0.3 is 9.64 Å². The molecule has 0 saturated carbocycles. The van der Waals surface area contributed by atoms with Gasteiger partial charge in [-0.05, 0) is 30.9 Å². The molecule has 5 heteroatoms. The van der Waals surface area contributed by atoms with Crippen molar-refractivity contribution in [3.05, 3.63) is 52.4 Å². The number of halogens is 1. The average molecular weight is 316 g/mol. The van der Waals surface area contributed by atoms with Crippen LogP contribution in [0.25, 0.3) is 0 Å². The van der Waals surface area contributed by atoms with Gasteiger partial charge in [-0.1, -0.05) is 35.9 Å². The van der Waals surface area contributed by atoms with Crippen LogP contribution >= 0.6 is 11.6 Å². The van der Waals surface area contributed by atoms with E-state index in [2.05, 4.69) is 39.1 Å². The van der Waals surface area contributed by atoms with Crippen molar-refractivity contribution in [2.45, 2.75) is 25.4 Å². The second-order valence-corrected chi connectivity index (χ2v) is 6.40. The fraction of sp³-hybridized carbons (Fsp3) is 0.412.